The van der Waals surface area contributed by atoms with Crippen LogP contribution in [0.3, 0.4) is 0 Å². The molecule has 0 fully saturated rings. The van der Waals surface area contributed by atoms with Crippen LogP contribution < -0.4 is 10.2 Å². The minimum absolute atomic E-state index is 0.264. The Labute approximate surface area is 104 Å². The van der Waals surface area contributed by atoms with Gasteiger partial charge in [0.1, 0.15) is 5.82 Å². The van der Waals surface area contributed by atoms with Crippen LogP contribution in [0.15, 0.2) is 18.3 Å². The van der Waals surface area contributed by atoms with Crippen molar-refractivity contribution in [2.45, 2.75) is 32.9 Å². The van der Waals surface area contributed by atoms with Crippen molar-refractivity contribution in [3.8, 4) is 0 Å². The Balaban J connectivity index is 2.90. The van der Waals surface area contributed by atoms with Crippen LogP contribution in [0.2, 0.25) is 0 Å². The van der Waals surface area contributed by atoms with E-state index < -0.39 is 0 Å². The standard InChI is InChI=1S/C13H23N3O/c1-5-14-11(3)12-7-6-8-15-13(12)16(4)9-10(2)17/h6-8,10-11,14,17H,5,9H2,1-4H3. The molecule has 0 amide bonds. The molecule has 2 atom stereocenters. The lowest BCUT2D eigenvalue weighted by atomic mass is 10.1. The number of anilines is 1. The van der Waals surface area contributed by atoms with Gasteiger partial charge in [-0.3, -0.25) is 0 Å². The summed E-state index contributed by atoms with van der Waals surface area (Å²) < 4.78 is 0. The van der Waals surface area contributed by atoms with Crippen molar-refractivity contribution in [2.24, 2.45) is 0 Å². The van der Waals surface area contributed by atoms with E-state index in [-0.39, 0.29) is 12.1 Å². The van der Waals surface area contributed by atoms with Gasteiger partial charge < -0.3 is 15.3 Å². The second kappa shape index (κ2) is 6.57. The number of nitrogens with zero attached hydrogens (tertiary/aromatic N) is 2. The van der Waals surface area contributed by atoms with Crippen LogP contribution in [-0.4, -0.2) is 36.3 Å². The Hall–Kier alpha value is -1.13. The van der Waals surface area contributed by atoms with Gasteiger partial charge in [-0.1, -0.05) is 13.0 Å². The molecule has 96 valence electrons. The number of aromatic nitrogens is 1. The summed E-state index contributed by atoms with van der Waals surface area (Å²) in [6.45, 7) is 7.51. The van der Waals surface area contributed by atoms with E-state index in [9.17, 15) is 5.11 Å². The highest BCUT2D eigenvalue weighted by molar-refractivity contribution is 5.47. The Bertz CT molecular complexity index is 341. The zero-order valence-electron chi connectivity index (χ0n) is 11.1. The minimum atomic E-state index is -0.357. The Morgan fingerprint density at radius 2 is 2.18 bits per heavy atom. The van der Waals surface area contributed by atoms with Crippen LogP contribution in [0, 0.1) is 0 Å². The lowest BCUT2D eigenvalue weighted by Gasteiger charge is -2.25. The lowest BCUT2D eigenvalue weighted by molar-refractivity contribution is 0.201. The van der Waals surface area contributed by atoms with Crippen LogP contribution in [-0.2, 0) is 0 Å². The molecule has 0 aliphatic heterocycles. The van der Waals surface area contributed by atoms with Crippen LogP contribution in [0.25, 0.3) is 0 Å². The largest absolute Gasteiger partial charge is 0.392 e. The van der Waals surface area contributed by atoms with Gasteiger partial charge in [0.2, 0.25) is 0 Å². The molecule has 0 radical (unpaired) electrons. The first-order valence-corrected chi connectivity index (χ1v) is 6.13. The van der Waals surface area contributed by atoms with E-state index in [1.807, 2.05) is 18.0 Å². The number of pyridine rings is 1. The van der Waals surface area contributed by atoms with E-state index in [4.69, 9.17) is 0 Å². The molecule has 17 heavy (non-hydrogen) atoms. The summed E-state index contributed by atoms with van der Waals surface area (Å²) in [5, 5.41) is 12.8. The zero-order chi connectivity index (χ0) is 12.8. The van der Waals surface area contributed by atoms with Crippen molar-refractivity contribution in [3.63, 3.8) is 0 Å². The first-order chi connectivity index (χ1) is 8.06. The topological polar surface area (TPSA) is 48.4 Å². The van der Waals surface area contributed by atoms with E-state index in [2.05, 4.69) is 30.2 Å². The maximum Gasteiger partial charge on any atom is 0.133 e. The molecule has 1 rings (SSSR count). The molecule has 0 spiro atoms. The molecule has 2 N–H and O–H groups in total. The van der Waals surface area contributed by atoms with Crippen molar-refractivity contribution in [3.05, 3.63) is 23.9 Å². The van der Waals surface area contributed by atoms with E-state index in [1.165, 1.54) is 0 Å². The van der Waals surface area contributed by atoms with Gasteiger partial charge in [0.15, 0.2) is 0 Å². The Kier molecular flexibility index (Phi) is 5.38. The van der Waals surface area contributed by atoms with E-state index >= 15 is 0 Å². The molecule has 0 aliphatic carbocycles. The summed E-state index contributed by atoms with van der Waals surface area (Å²) in [4.78, 5) is 6.40. The first kappa shape index (κ1) is 13.9. The average Bonchev–Trinajstić information content (AvgIpc) is 2.28. The first-order valence-electron chi connectivity index (χ1n) is 6.13. The predicted molar refractivity (Wildman–Crippen MR) is 71.3 cm³/mol. The number of hydrogen-bond donors (Lipinski definition) is 2. The van der Waals surface area contributed by atoms with Gasteiger partial charge in [0.25, 0.3) is 0 Å². The molecule has 1 aromatic heterocycles. The number of nitrogens with one attached hydrogen (secondary N) is 1. The van der Waals surface area contributed by atoms with Crippen molar-refractivity contribution in [2.75, 3.05) is 25.0 Å². The van der Waals surface area contributed by atoms with Gasteiger partial charge in [-0.2, -0.15) is 0 Å². The summed E-state index contributed by atoms with van der Waals surface area (Å²) in [7, 11) is 1.96. The number of likely N-dealkylation sites (N-methyl/N-ethyl adjacent to an activating group) is 1. The number of hydrogen-bond acceptors (Lipinski definition) is 4. The number of rotatable bonds is 6. The normalized spacial score (nSPS) is 14.4. The molecule has 2 unspecified atom stereocenters. The van der Waals surface area contributed by atoms with Crippen molar-refractivity contribution in [1.29, 1.82) is 0 Å². The molecule has 1 heterocycles. The maximum absolute atomic E-state index is 9.43. The van der Waals surface area contributed by atoms with Crippen molar-refractivity contribution < 1.29 is 5.11 Å². The van der Waals surface area contributed by atoms with Crippen LogP contribution in [0.4, 0.5) is 5.82 Å². The highest BCUT2D eigenvalue weighted by Gasteiger charge is 2.14. The molecule has 0 aromatic carbocycles. The number of aliphatic hydroxyl groups is 1. The van der Waals surface area contributed by atoms with E-state index in [1.54, 1.807) is 13.1 Å². The van der Waals surface area contributed by atoms with Crippen LogP contribution >= 0.6 is 0 Å². The highest BCUT2D eigenvalue weighted by Crippen LogP contribution is 2.22. The third-order valence-corrected chi connectivity index (χ3v) is 2.69. The molecule has 1 aromatic rings. The maximum atomic E-state index is 9.43. The summed E-state index contributed by atoms with van der Waals surface area (Å²) in [5.74, 6) is 0.932. The van der Waals surface area contributed by atoms with E-state index in [0.29, 0.717) is 6.54 Å². The van der Waals surface area contributed by atoms with Gasteiger partial charge in [-0.15, -0.1) is 0 Å². The molecular formula is C13H23N3O. The molecular weight excluding hydrogens is 214 g/mol. The summed E-state index contributed by atoms with van der Waals surface area (Å²) >= 11 is 0. The van der Waals surface area contributed by atoms with Crippen molar-refractivity contribution >= 4 is 5.82 Å². The summed E-state index contributed by atoms with van der Waals surface area (Å²) in [6, 6.07) is 4.29. The minimum Gasteiger partial charge on any atom is -0.392 e. The van der Waals surface area contributed by atoms with Gasteiger partial charge in [0.05, 0.1) is 6.10 Å². The third-order valence-electron chi connectivity index (χ3n) is 2.69. The van der Waals surface area contributed by atoms with Crippen molar-refractivity contribution in [1.82, 2.24) is 10.3 Å². The predicted octanol–water partition coefficient (Wildman–Crippen LogP) is 1.57. The summed E-state index contributed by atoms with van der Waals surface area (Å²) in [5.41, 5.74) is 1.16. The smallest absolute Gasteiger partial charge is 0.133 e. The molecule has 0 aliphatic rings. The molecule has 0 bridgehead atoms. The third kappa shape index (κ3) is 3.98. The second-order valence-corrected chi connectivity index (χ2v) is 4.43. The zero-order valence-corrected chi connectivity index (χ0v) is 11.1. The molecule has 0 saturated heterocycles. The fraction of sp³-hybridized carbons (Fsp3) is 0.615. The second-order valence-electron chi connectivity index (χ2n) is 4.43. The average molecular weight is 237 g/mol. The number of aliphatic hydroxyl groups excluding tert-OH is 1. The fourth-order valence-electron chi connectivity index (χ4n) is 1.97. The van der Waals surface area contributed by atoms with Gasteiger partial charge in [-0.05, 0) is 26.5 Å². The van der Waals surface area contributed by atoms with Gasteiger partial charge in [-0.25, -0.2) is 4.98 Å². The molecule has 4 heteroatoms. The van der Waals surface area contributed by atoms with Gasteiger partial charge >= 0.3 is 0 Å². The fourth-order valence-corrected chi connectivity index (χ4v) is 1.97. The SMILES string of the molecule is CCNC(C)c1cccnc1N(C)CC(C)O. The quantitative estimate of drug-likeness (QED) is 0.788. The van der Waals surface area contributed by atoms with Gasteiger partial charge in [0, 0.05) is 31.4 Å². The molecule has 4 nitrogen and oxygen atoms in total. The highest BCUT2D eigenvalue weighted by atomic mass is 16.3. The Morgan fingerprint density at radius 1 is 1.47 bits per heavy atom. The Morgan fingerprint density at radius 3 is 2.76 bits per heavy atom. The summed E-state index contributed by atoms with van der Waals surface area (Å²) in [6.07, 6.45) is 1.43. The van der Waals surface area contributed by atoms with Crippen LogP contribution in [0.1, 0.15) is 32.4 Å². The van der Waals surface area contributed by atoms with E-state index in [0.717, 1.165) is 17.9 Å². The monoisotopic (exact) mass is 237 g/mol. The van der Waals surface area contributed by atoms with Crippen LogP contribution in [0.5, 0.6) is 0 Å². The lowest BCUT2D eigenvalue weighted by Crippen LogP contribution is -2.30. The molecule has 0 saturated carbocycles.